The fraction of sp³-hybridized carbons (Fsp3) is 0.188. The molecule has 3 heteroatoms. The van der Waals surface area contributed by atoms with Crippen LogP contribution in [0.4, 0.5) is 4.39 Å². The molecule has 0 saturated carbocycles. The smallest absolute Gasteiger partial charge is 0.159 e. The third kappa shape index (κ3) is 3.41. The average molecular weight is 258 g/mol. The second kappa shape index (κ2) is 5.65. The molecule has 2 aromatic rings. The summed E-state index contributed by atoms with van der Waals surface area (Å²) in [5, 5.41) is 0. The highest BCUT2D eigenvalue weighted by atomic mass is 19.1. The van der Waals surface area contributed by atoms with E-state index in [9.17, 15) is 9.18 Å². The van der Waals surface area contributed by atoms with Crippen LogP contribution >= 0.6 is 0 Å². The maximum atomic E-state index is 13.0. The molecule has 0 aliphatic heterocycles. The molecule has 0 spiro atoms. The van der Waals surface area contributed by atoms with Crippen molar-refractivity contribution >= 4 is 5.78 Å². The molecule has 0 fully saturated rings. The number of ketones is 1. The second-order valence-electron chi connectivity index (χ2n) is 4.44. The molecule has 2 aromatic carbocycles. The number of rotatable bonds is 4. The number of hydrogen-bond donors (Lipinski definition) is 0. The Morgan fingerprint density at radius 1 is 1.16 bits per heavy atom. The lowest BCUT2D eigenvalue weighted by Gasteiger charge is -2.09. The summed E-state index contributed by atoms with van der Waals surface area (Å²) in [4.78, 5) is 11.1. The predicted molar refractivity (Wildman–Crippen MR) is 71.9 cm³/mol. The molecule has 0 amide bonds. The van der Waals surface area contributed by atoms with E-state index in [2.05, 4.69) is 0 Å². The Hall–Kier alpha value is -2.16. The van der Waals surface area contributed by atoms with Crippen LogP contribution in [0.15, 0.2) is 42.5 Å². The summed E-state index contributed by atoms with van der Waals surface area (Å²) in [7, 11) is 0. The van der Waals surface area contributed by atoms with Gasteiger partial charge in [0.2, 0.25) is 0 Å². The van der Waals surface area contributed by atoms with Crippen molar-refractivity contribution in [3.8, 4) is 5.75 Å². The van der Waals surface area contributed by atoms with Gasteiger partial charge in [-0.3, -0.25) is 4.79 Å². The van der Waals surface area contributed by atoms with E-state index >= 15 is 0 Å². The SMILES string of the molecule is CC(=O)c1ccc(OCc2ccc(F)cc2C)cc1. The monoisotopic (exact) mass is 258 g/mol. The summed E-state index contributed by atoms with van der Waals surface area (Å²) < 4.78 is 18.6. The van der Waals surface area contributed by atoms with Crippen LogP contribution in [-0.2, 0) is 6.61 Å². The summed E-state index contributed by atoms with van der Waals surface area (Å²) in [6.07, 6.45) is 0. The third-order valence-electron chi connectivity index (χ3n) is 2.96. The van der Waals surface area contributed by atoms with Crippen molar-refractivity contribution in [3.63, 3.8) is 0 Å². The fourth-order valence-electron chi connectivity index (χ4n) is 1.77. The van der Waals surface area contributed by atoms with Crippen LogP contribution in [-0.4, -0.2) is 5.78 Å². The zero-order chi connectivity index (χ0) is 13.8. The van der Waals surface area contributed by atoms with Crippen LogP contribution in [0.3, 0.4) is 0 Å². The van der Waals surface area contributed by atoms with Crippen LogP contribution in [0.2, 0.25) is 0 Å². The van der Waals surface area contributed by atoms with E-state index in [0.29, 0.717) is 17.9 Å². The molecule has 98 valence electrons. The normalized spacial score (nSPS) is 10.3. The molecule has 0 aliphatic rings. The molecule has 0 saturated heterocycles. The van der Waals surface area contributed by atoms with Gasteiger partial charge in [0.1, 0.15) is 18.2 Å². The predicted octanol–water partition coefficient (Wildman–Crippen LogP) is 3.92. The maximum absolute atomic E-state index is 13.0. The van der Waals surface area contributed by atoms with Crippen molar-refractivity contribution in [3.05, 3.63) is 65.0 Å². The summed E-state index contributed by atoms with van der Waals surface area (Å²) in [5.74, 6) is 0.474. The first-order valence-corrected chi connectivity index (χ1v) is 6.05. The standard InChI is InChI=1S/C16H15FO2/c1-11-9-15(17)6-3-14(11)10-19-16-7-4-13(5-8-16)12(2)18/h3-9H,10H2,1-2H3. The minimum Gasteiger partial charge on any atom is -0.489 e. The molecule has 0 radical (unpaired) electrons. The molecule has 2 nitrogen and oxygen atoms in total. The first-order valence-electron chi connectivity index (χ1n) is 6.05. The van der Waals surface area contributed by atoms with E-state index in [1.165, 1.54) is 19.1 Å². The molecule has 19 heavy (non-hydrogen) atoms. The largest absolute Gasteiger partial charge is 0.489 e. The van der Waals surface area contributed by atoms with Crippen LogP contribution in [0.1, 0.15) is 28.4 Å². The van der Waals surface area contributed by atoms with Crippen molar-refractivity contribution < 1.29 is 13.9 Å². The van der Waals surface area contributed by atoms with E-state index in [4.69, 9.17) is 4.74 Å². The molecule has 0 N–H and O–H groups in total. The lowest BCUT2D eigenvalue weighted by Crippen LogP contribution is -1.99. The number of halogens is 1. The first-order chi connectivity index (χ1) is 9.06. The zero-order valence-corrected chi connectivity index (χ0v) is 10.9. The number of benzene rings is 2. The van der Waals surface area contributed by atoms with Crippen molar-refractivity contribution in [1.82, 2.24) is 0 Å². The molecule has 0 bridgehead atoms. The summed E-state index contributed by atoms with van der Waals surface area (Å²) in [5.41, 5.74) is 2.46. The van der Waals surface area contributed by atoms with E-state index < -0.39 is 0 Å². The molecule has 0 atom stereocenters. The van der Waals surface area contributed by atoms with Crippen molar-refractivity contribution in [2.45, 2.75) is 20.5 Å². The van der Waals surface area contributed by atoms with E-state index in [1.807, 2.05) is 6.92 Å². The summed E-state index contributed by atoms with van der Waals surface area (Å²) >= 11 is 0. The number of hydrogen-bond acceptors (Lipinski definition) is 2. The molecule has 0 aromatic heterocycles. The first kappa shape index (κ1) is 13.3. The van der Waals surface area contributed by atoms with Gasteiger partial charge in [0, 0.05) is 5.56 Å². The number of aryl methyl sites for hydroxylation is 1. The van der Waals surface area contributed by atoms with Crippen molar-refractivity contribution in [2.75, 3.05) is 0 Å². The molecular formula is C16H15FO2. The Morgan fingerprint density at radius 3 is 2.42 bits per heavy atom. The van der Waals surface area contributed by atoms with Gasteiger partial charge < -0.3 is 4.74 Å². The highest BCUT2D eigenvalue weighted by Crippen LogP contribution is 2.16. The van der Waals surface area contributed by atoms with Crippen molar-refractivity contribution in [1.29, 1.82) is 0 Å². The molecule has 2 rings (SSSR count). The van der Waals surface area contributed by atoms with Gasteiger partial charge in [-0.15, -0.1) is 0 Å². The molecule has 0 aliphatic carbocycles. The number of ether oxygens (including phenoxy) is 1. The lowest BCUT2D eigenvalue weighted by atomic mass is 10.1. The van der Waals surface area contributed by atoms with Gasteiger partial charge in [-0.2, -0.15) is 0 Å². The fourth-order valence-corrected chi connectivity index (χ4v) is 1.77. The maximum Gasteiger partial charge on any atom is 0.159 e. The van der Waals surface area contributed by atoms with Crippen LogP contribution in [0, 0.1) is 12.7 Å². The minimum absolute atomic E-state index is 0.0286. The average Bonchev–Trinajstić information content (AvgIpc) is 2.38. The van der Waals surface area contributed by atoms with Gasteiger partial charge >= 0.3 is 0 Å². The Morgan fingerprint density at radius 2 is 1.84 bits per heavy atom. The van der Waals surface area contributed by atoms with Gasteiger partial charge in [-0.25, -0.2) is 4.39 Å². The lowest BCUT2D eigenvalue weighted by molar-refractivity contribution is 0.101. The van der Waals surface area contributed by atoms with Gasteiger partial charge in [0.25, 0.3) is 0 Å². The van der Waals surface area contributed by atoms with Gasteiger partial charge in [-0.05, 0) is 61.4 Å². The van der Waals surface area contributed by atoms with Gasteiger partial charge in [0.15, 0.2) is 5.78 Å². The Balaban J connectivity index is 2.04. The quantitative estimate of drug-likeness (QED) is 0.777. The number of carbonyl (C=O) groups is 1. The topological polar surface area (TPSA) is 26.3 Å². The Kier molecular flexibility index (Phi) is 3.95. The minimum atomic E-state index is -0.243. The van der Waals surface area contributed by atoms with E-state index in [1.54, 1.807) is 30.3 Å². The second-order valence-corrected chi connectivity index (χ2v) is 4.44. The summed E-state index contributed by atoms with van der Waals surface area (Å²) in [6, 6.07) is 11.6. The number of carbonyl (C=O) groups excluding carboxylic acids is 1. The molecular weight excluding hydrogens is 243 g/mol. The highest BCUT2D eigenvalue weighted by Gasteiger charge is 2.03. The Labute approximate surface area is 111 Å². The van der Waals surface area contributed by atoms with Gasteiger partial charge in [-0.1, -0.05) is 6.07 Å². The van der Waals surface area contributed by atoms with Gasteiger partial charge in [0.05, 0.1) is 0 Å². The van der Waals surface area contributed by atoms with Crippen LogP contribution in [0.5, 0.6) is 5.75 Å². The Bertz CT molecular complexity index is 588. The van der Waals surface area contributed by atoms with Crippen LogP contribution in [0.25, 0.3) is 0 Å². The van der Waals surface area contributed by atoms with Crippen molar-refractivity contribution in [2.24, 2.45) is 0 Å². The highest BCUT2D eigenvalue weighted by molar-refractivity contribution is 5.94. The zero-order valence-electron chi connectivity index (χ0n) is 10.9. The van der Waals surface area contributed by atoms with E-state index in [0.717, 1.165) is 11.1 Å². The third-order valence-corrected chi connectivity index (χ3v) is 2.96. The van der Waals surface area contributed by atoms with E-state index in [-0.39, 0.29) is 11.6 Å². The molecule has 0 unspecified atom stereocenters. The molecule has 0 heterocycles. The number of Topliss-reactive ketones (excluding diaryl/α,β-unsaturated/α-hetero) is 1. The summed E-state index contributed by atoms with van der Waals surface area (Å²) in [6.45, 7) is 3.75. The van der Waals surface area contributed by atoms with Crippen LogP contribution < -0.4 is 4.74 Å².